The van der Waals surface area contributed by atoms with Crippen molar-refractivity contribution >= 4 is 23.2 Å². The van der Waals surface area contributed by atoms with E-state index >= 15 is 0 Å². The minimum Gasteiger partial charge on any atom is -0.348 e. The number of amides is 2. The molecular formula is C20H21N3O4. The number of carbonyl (C=O) groups is 2. The Labute approximate surface area is 157 Å². The highest BCUT2D eigenvalue weighted by atomic mass is 16.6. The van der Waals surface area contributed by atoms with Gasteiger partial charge in [-0.05, 0) is 42.7 Å². The van der Waals surface area contributed by atoms with Crippen LogP contribution in [-0.4, -0.2) is 16.7 Å². The molecule has 0 spiro atoms. The van der Waals surface area contributed by atoms with Gasteiger partial charge in [0.2, 0.25) is 11.8 Å². The first kappa shape index (κ1) is 19.8. The number of hydrogen-bond acceptors (Lipinski definition) is 4. The van der Waals surface area contributed by atoms with E-state index in [0.29, 0.717) is 11.3 Å². The van der Waals surface area contributed by atoms with Gasteiger partial charge in [-0.25, -0.2) is 0 Å². The molecule has 0 aliphatic carbocycles. The van der Waals surface area contributed by atoms with Crippen molar-refractivity contribution in [3.05, 3.63) is 81.4 Å². The molecule has 0 radical (unpaired) electrons. The molecule has 0 heterocycles. The topological polar surface area (TPSA) is 101 Å². The van der Waals surface area contributed by atoms with Gasteiger partial charge in [0.1, 0.15) is 0 Å². The minimum absolute atomic E-state index is 0.0385. The Kier molecular flexibility index (Phi) is 6.43. The summed E-state index contributed by atoms with van der Waals surface area (Å²) in [6, 6.07) is 10.3. The first-order valence-corrected chi connectivity index (χ1v) is 8.34. The lowest BCUT2D eigenvalue weighted by Crippen LogP contribution is -2.22. The van der Waals surface area contributed by atoms with Crippen LogP contribution in [0.25, 0.3) is 0 Å². The maximum absolute atomic E-state index is 12.5. The van der Waals surface area contributed by atoms with E-state index in [1.165, 1.54) is 12.1 Å². The molecule has 0 saturated heterocycles. The highest BCUT2D eigenvalue weighted by Crippen LogP contribution is 2.26. The Morgan fingerprint density at radius 3 is 2.44 bits per heavy atom. The Bertz CT molecular complexity index is 906. The van der Waals surface area contributed by atoms with Crippen LogP contribution in [0, 0.1) is 24.0 Å². The molecule has 0 fully saturated rings. The van der Waals surface area contributed by atoms with Crippen LogP contribution in [-0.2, 0) is 22.6 Å². The summed E-state index contributed by atoms with van der Waals surface area (Å²) < 4.78 is 0. The van der Waals surface area contributed by atoms with Crippen LogP contribution in [0.2, 0.25) is 0 Å². The lowest BCUT2D eigenvalue weighted by atomic mass is 10.0. The van der Waals surface area contributed by atoms with Crippen LogP contribution < -0.4 is 10.6 Å². The quantitative estimate of drug-likeness (QED) is 0.446. The van der Waals surface area contributed by atoms with Crippen molar-refractivity contribution < 1.29 is 14.5 Å². The van der Waals surface area contributed by atoms with Crippen molar-refractivity contribution in [3.63, 3.8) is 0 Å². The summed E-state index contributed by atoms with van der Waals surface area (Å²) in [6.07, 6.45) is 1.27. The third-order valence-corrected chi connectivity index (χ3v) is 4.12. The van der Waals surface area contributed by atoms with Crippen molar-refractivity contribution in [1.29, 1.82) is 0 Å². The Hall–Kier alpha value is -3.48. The molecule has 27 heavy (non-hydrogen) atoms. The van der Waals surface area contributed by atoms with Crippen molar-refractivity contribution in [2.75, 3.05) is 5.32 Å². The second-order valence-electron chi connectivity index (χ2n) is 6.13. The zero-order valence-corrected chi connectivity index (χ0v) is 15.2. The van der Waals surface area contributed by atoms with Crippen LogP contribution in [0.5, 0.6) is 0 Å². The average Bonchev–Trinajstić information content (AvgIpc) is 2.62. The summed E-state index contributed by atoms with van der Waals surface area (Å²) in [6.45, 7) is 7.12. The molecule has 2 aromatic carbocycles. The SMILES string of the molecule is C=CC(=O)NCc1ccccc1CC(=O)Nc1cc([N+](=O)[O-])c(C)cc1C. The van der Waals surface area contributed by atoms with Gasteiger partial charge in [-0.3, -0.25) is 19.7 Å². The number of nitrogens with one attached hydrogen (secondary N) is 2. The molecular weight excluding hydrogens is 346 g/mol. The second-order valence-corrected chi connectivity index (χ2v) is 6.13. The molecule has 7 nitrogen and oxygen atoms in total. The molecule has 0 unspecified atom stereocenters. The fourth-order valence-corrected chi connectivity index (χ4v) is 2.70. The number of hydrogen-bond donors (Lipinski definition) is 2. The van der Waals surface area contributed by atoms with Crippen LogP contribution in [0.15, 0.2) is 49.1 Å². The third kappa shape index (κ3) is 5.24. The second kappa shape index (κ2) is 8.75. The molecule has 0 aliphatic rings. The van der Waals surface area contributed by atoms with Crippen LogP contribution in [0.3, 0.4) is 0 Å². The third-order valence-electron chi connectivity index (χ3n) is 4.12. The van der Waals surface area contributed by atoms with Crippen LogP contribution in [0.1, 0.15) is 22.3 Å². The van der Waals surface area contributed by atoms with Crippen LogP contribution >= 0.6 is 0 Å². The molecule has 0 aliphatic heterocycles. The smallest absolute Gasteiger partial charge is 0.274 e. The maximum Gasteiger partial charge on any atom is 0.274 e. The normalized spacial score (nSPS) is 10.1. The summed E-state index contributed by atoms with van der Waals surface area (Å²) in [5.74, 6) is -0.587. The Morgan fingerprint density at radius 2 is 1.81 bits per heavy atom. The number of nitro benzene ring substituents is 1. The van der Waals surface area contributed by atoms with Gasteiger partial charge < -0.3 is 10.6 Å². The minimum atomic E-state index is -0.470. The van der Waals surface area contributed by atoms with Gasteiger partial charge in [-0.2, -0.15) is 0 Å². The van der Waals surface area contributed by atoms with Gasteiger partial charge in [-0.1, -0.05) is 30.8 Å². The molecule has 2 N–H and O–H groups in total. The fraction of sp³-hybridized carbons (Fsp3) is 0.200. The summed E-state index contributed by atoms with van der Waals surface area (Å²) in [5.41, 5.74) is 3.24. The molecule has 0 aromatic heterocycles. The van der Waals surface area contributed by atoms with E-state index in [1.807, 2.05) is 18.2 Å². The monoisotopic (exact) mass is 367 g/mol. The van der Waals surface area contributed by atoms with E-state index in [2.05, 4.69) is 17.2 Å². The van der Waals surface area contributed by atoms with Gasteiger partial charge in [0.05, 0.1) is 17.0 Å². The standard InChI is InChI=1S/C20H21N3O4/c1-4-19(24)21-12-16-8-6-5-7-15(16)10-20(25)22-17-11-18(23(26)27)14(3)9-13(17)2/h4-9,11H,1,10,12H2,2-3H3,(H,21,24)(H,22,25). The maximum atomic E-state index is 12.5. The summed E-state index contributed by atoms with van der Waals surface area (Å²) in [5, 5.41) is 16.5. The lowest BCUT2D eigenvalue weighted by molar-refractivity contribution is -0.385. The molecule has 7 heteroatoms. The zero-order valence-electron chi connectivity index (χ0n) is 15.2. The number of benzene rings is 2. The van der Waals surface area contributed by atoms with Crippen molar-refractivity contribution in [1.82, 2.24) is 5.32 Å². The lowest BCUT2D eigenvalue weighted by Gasteiger charge is -2.12. The first-order chi connectivity index (χ1) is 12.8. The molecule has 2 aromatic rings. The van der Waals surface area contributed by atoms with Crippen LogP contribution in [0.4, 0.5) is 11.4 Å². The van der Waals surface area contributed by atoms with Gasteiger partial charge in [0, 0.05) is 18.2 Å². The molecule has 0 bridgehead atoms. The van der Waals surface area contributed by atoms with Gasteiger partial charge >= 0.3 is 0 Å². The molecule has 2 rings (SSSR count). The number of nitro groups is 1. The predicted molar refractivity (Wildman–Crippen MR) is 103 cm³/mol. The van der Waals surface area contributed by atoms with E-state index < -0.39 is 4.92 Å². The average molecular weight is 367 g/mol. The van der Waals surface area contributed by atoms with E-state index in [1.54, 1.807) is 26.0 Å². The number of anilines is 1. The molecule has 0 saturated carbocycles. The zero-order chi connectivity index (χ0) is 20.0. The Balaban J connectivity index is 2.15. The highest BCUT2D eigenvalue weighted by Gasteiger charge is 2.16. The largest absolute Gasteiger partial charge is 0.348 e. The highest BCUT2D eigenvalue weighted by molar-refractivity contribution is 5.93. The van der Waals surface area contributed by atoms with Crippen molar-refractivity contribution in [2.45, 2.75) is 26.8 Å². The number of rotatable bonds is 7. The Morgan fingerprint density at radius 1 is 1.15 bits per heavy atom. The van der Waals surface area contributed by atoms with Gasteiger partial charge in [0.25, 0.3) is 5.69 Å². The fourth-order valence-electron chi connectivity index (χ4n) is 2.70. The number of nitrogens with zero attached hydrogens (tertiary/aromatic N) is 1. The number of aryl methyl sites for hydroxylation is 2. The van der Waals surface area contributed by atoms with Crippen molar-refractivity contribution in [2.24, 2.45) is 0 Å². The van der Waals surface area contributed by atoms with Gasteiger partial charge in [0.15, 0.2) is 0 Å². The van der Waals surface area contributed by atoms with Crippen molar-refractivity contribution in [3.8, 4) is 0 Å². The first-order valence-electron chi connectivity index (χ1n) is 8.34. The van der Waals surface area contributed by atoms with Gasteiger partial charge in [-0.15, -0.1) is 0 Å². The van der Waals surface area contributed by atoms with E-state index in [9.17, 15) is 19.7 Å². The summed E-state index contributed by atoms with van der Waals surface area (Å²) >= 11 is 0. The predicted octanol–water partition coefficient (Wildman–Crippen LogP) is 3.20. The summed E-state index contributed by atoms with van der Waals surface area (Å²) in [4.78, 5) is 34.5. The number of carbonyl (C=O) groups excluding carboxylic acids is 2. The summed E-state index contributed by atoms with van der Waals surface area (Å²) in [7, 11) is 0. The molecule has 0 atom stereocenters. The van der Waals surface area contributed by atoms with E-state index in [-0.39, 0.29) is 30.5 Å². The van der Waals surface area contributed by atoms with E-state index in [0.717, 1.165) is 16.7 Å². The molecule has 140 valence electrons. The van der Waals surface area contributed by atoms with E-state index in [4.69, 9.17) is 0 Å². The molecule has 2 amide bonds.